The van der Waals surface area contributed by atoms with E-state index in [1.54, 1.807) is 0 Å². The largest absolute Gasteiger partial charge is 0.370 e. The summed E-state index contributed by atoms with van der Waals surface area (Å²) in [6.45, 7) is 5.93. The van der Waals surface area contributed by atoms with Crippen LogP contribution in [0.2, 0.25) is 0 Å². The molecule has 0 rings (SSSR count). The molecule has 4 heteroatoms. The summed E-state index contributed by atoms with van der Waals surface area (Å²) in [6, 6.07) is 0. The van der Waals surface area contributed by atoms with Gasteiger partial charge in [0.05, 0.1) is 0 Å². The maximum Gasteiger partial charge on any atom is 0.221 e. The van der Waals surface area contributed by atoms with Gasteiger partial charge in [-0.25, -0.2) is 0 Å². The third kappa shape index (κ3) is 8.85. The van der Waals surface area contributed by atoms with Gasteiger partial charge in [-0.3, -0.25) is 9.59 Å². The van der Waals surface area contributed by atoms with Crippen LogP contribution < -0.4 is 11.5 Å². The van der Waals surface area contributed by atoms with Gasteiger partial charge < -0.3 is 11.5 Å². The van der Waals surface area contributed by atoms with Gasteiger partial charge in [0.2, 0.25) is 11.8 Å². The number of hydrogen-bond acceptors (Lipinski definition) is 2. The van der Waals surface area contributed by atoms with E-state index in [0.29, 0.717) is 6.42 Å². The van der Waals surface area contributed by atoms with Crippen molar-refractivity contribution >= 4 is 11.8 Å². The lowest BCUT2D eigenvalue weighted by atomic mass is 9.99. The molecule has 0 saturated heterocycles. The van der Waals surface area contributed by atoms with Crippen molar-refractivity contribution in [2.24, 2.45) is 17.4 Å². The summed E-state index contributed by atoms with van der Waals surface area (Å²) in [5.41, 5.74) is 9.94. The number of nitrogens with two attached hydrogens (primary N) is 2. The van der Waals surface area contributed by atoms with Gasteiger partial charge in [0.25, 0.3) is 0 Å². The van der Waals surface area contributed by atoms with Gasteiger partial charge in [0.15, 0.2) is 0 Å². The van der Waals surface area contributed by atoms with Gasteiger partial charge in [-0.1, -0.05) is 27.2 Å². The van der Waals surface area contributed by atoms with Gasteiger partial charge in [-0.05, 0) is 6.42 Å². The van der Waals surface area contributed by atoms with Crippen molar-refractivity contribution in [2.75, 3.05) is 0 Å². The second-order valence-corrected chi connectivity index (χ2v) is 2.56. The molecule has 2 amide bonds. The summed E-state index contributed by atoms with van der Waals surface area (Å²) in [6.07, 6.45) is 1.54. The number of primary amides is 2. The Hall–Kier alpha value is -1.06. The Labute approximate surface area is 79.7 Å². The average molecular weight is 188 g/mol. The topological polar surface area (TPSA) is 86.2 Å². The lowest BCUT2D eigenvalue weighted by molar-refractivity contribution is -0.127. The normalized spacial score (nSPS) is 11.0. The highest BCUT2D eigenvalue weighted by Crippen LogP contribution is 2.09. The highest BCUT2D eigenvalue weighted by Gasteiger charge is 2.16. The first-order valence-electron chi connectivity index (χ1n) is 4.65. The molecular formula is C9H20N2O2. The van der Waals surface area contributed by atoms with E-state index < -0.39 is 11.8 Å². The van der Waals surface area contributed by atoms with Crippen LogP contribution in [-0.2, 0) is 9.59 Å². The molecule has 4 N–H and O–H groups in total. The van der Waals surface area contributed by atoms with Gasteiger partial charge in [-0.15, -0.1) is 0 Å². The van der Waals surface area contributed by atoms with Crippen LogP contribution in [0.5, 0.6) is 0 Å². The Bertz CT molecular complexity index is 158. The maximum absolute atomic E-state index is 10.6. The zero-order valence-corrected chi connectivity index (χ0v) is 8.67. The maximum atomic E-state index is 10.6. The van der Waals surface area contributed by atoms with Crippen LogP contribution >= 0.6 is 0 Å². The molecule has 0 aromatic carbocycles. The van der Waals surface area contributed by atoms with Crippen molar-refractivity contribution in [1.29, 1.82) is 0 Å². The van der Waals surface area contributed by atoms with Gasteiger partial charge >= 0.3 is 0 Å². The lowest BCUT2D eigenvalue weighted by Crippen LogP contribution is -2.28. The molecule has 4 nitrogen and oxygen atoms in total. The molecule has 78 valence electrons. The zero-order chi connectivity index (χ0) is 10.9. The molecule has 0 saturated carbocycles. The van der Waals surface area contributed by atoms with Gasteiger partial charge in [-0.2, -0.15) is 0 Å². The van der Waals surface area contributed by atoms with E-state index in [1.165, 1.54) is 0 Å². The molecule has 0 bridgehead atoms. The molecule has 0 fully saturated rings. The molecule has 0 heterocycles. The number of hydrogen-bond donors (Lipinski definition) is 2. The van der Waals surface area contributed by atoms with Crippen molar-refractivity contribution in [3.05, 3.63) is 0 Å². The molecular weight excluding hydrogens is 168 g/mol. The van der Waals surface area contributed by atoms with Crippen LogP contribution in [0.25, 0.3) is 0 Å². The Morgan fingerprint density at radius 3 is 1.92 bits per heavy atom. The van der Waals surface area contributed by atoms with Crippen molar-refractivity contribution < 1.29 is 9.59 Å². The molecule has 0 aliphatic heterocycles. The van der Waals surface area contributed by atoms with Crippen LogP contribution in [-0.4, -0.2) is 11.8 Å². The van der Waals surface area contributed by atoms with Crippen molar-refractivity contribution in [1.82, 2.24) is 0 Å². The Morgan fingerprint density at radius 2 is 1.69 bits per heavy atom. The van der Waals surface area contributed by atoms with E-state index in [1.807, 2.05) is 20.8 Å². The lowest BCUT2D eigenvalue weighted by Gasteiger charge is -2.08. The van der Waals surface area contributed by atoms with Crippen molar-refractivity contribution in [3.8, 4) is 0 Å². The number of rotatable bonds is 5. The molecule has 0 aromatic rings. The van der Waals surface area contributed by atoms with E-state index >= 15 is 0 Å². The Balaban J connectivity index is 0. The number of carbonyl (C=O) groups is 2. The van der Waals surface area contributed by atoms with Crippen molar-refractivity contribution in [3.63, 3.8) is 0 Å². The zero-order valence-electron chi connectivity index (χ0n) is 8.67. The minimum absolute atomic E-state index is 0.0726. The quantitative estimate of drug-likeness (QED) is 0.668. The van der Waals surface area contributed by atoms with Crippen LogP contribution in [0.1, 0.15) is 40.0 Å². The van der Waals surface area contributed by atoms with Crippen LogP contribution in [0.15, 0.2) is 0 Å². The first-order valence-corrected chi connectivity index (χ1v) is 4.65. The van der Waals surface area contributed by atoms with Crippen LogP contribution in [0.3, 0.4) is 0 Å². The third-order valence-electron chi connectivity index (χ3n) is 1.49. The standard InChI is InChI=1S/C7H14N2O2.C2H6/c1-2-3-5(7(9)11)4-6(8)10;1-2/h5H,2-4H2,1H3,(H2,8,10)(H2,9,11);1-2H3. The minimum atomic E-state index is -0.470. The molecule has 0 aromatic heterocycles. The summed E-state index contributed by atoms with van der Waals surface area (Å²) >= 11 is 0. The fourth-order valence-electron chi connectivity index (χ4n) is 0.936. The summed E-state index contributed by atoms with van der Waals surface area (Å²) in [5, 5.41) is 0. The molecule has 0 spiro atoms. The summed E-state index contributed by atoms with van der Waals surface area (Å²) < 4.78 is 0. The smallest absolute Gasteiger partial charge is 0.221 e. The average Bonchev–Trinajstić information content (AvgIpc) is 2.06. The van der Waals surface area contributed by atoms with E-state index in [9.17, 15) is 9.59 Å². The number of amides is 2. The second kappa shape index (κ2) is 9.03. The number of carbonyl (C=O) groups excluding carboxylic acids is 2. The van der Waals surface area contributed by atoms with Crippen molar-refractivity contribution in [2.45, 2.75) is 40.0 Å². The molecule has 0 aliphatic rings. The van der Waals surface area contributed by atoms with E-state index in [2.05, 4.69) is 0 Å². The molecule has 0 aliphatic carbocycles. The Kier molecular flexibility index (Phi) is 10.0. The first kappa shape index (κ1) is 14.5. The van der Waals surface area contributed by atoms with Crippen LogP contribution in [0.4, 0.5) is 0 Å². The Morgan fingerprint density at radius 1 is 1.23 bits per heavy atom. The molecule has 13 heavy (non-hydrogen) atoms. The summed E-state index contributed by atoms with van der Waals surface area (Å²) in [4.78, 5) is 21.0. The summed E-state index contributed by atoms with van der Waals surface area (Å²) in [5.74, 6) is -1.29. The molecule has 1 unspecified atom stereocenters. The third-order valence-corrected chi connectivity index (χ3v) is 1.49. The predicted molar refractivity (Wildman–Crippen MR) is 52.8 cm³/mol. The fourth-order valence-corrected chi connectivity index (χ4v) is 0.936. The predicted octanol–water partition coefficient (Wildman–Crippen LogP) is 0.790. The molecule has 0 radical (unpaired) electrons. The highest BCUT2D eigenvalue weighted by atomic mass is 16.2. The highest BCUT2D eigenvalue weighted by molar-refractivity contribution is 5.83. The first-order chi connectivity index (χ1) is 6.07. The fraction of sp³-hybridized carbons (Fsp3) is 0.778. The van der Waals surface area contributed by atoms with Crippen LogP contribution in [0, 0.1) is 5.92 Å². The summed E-state index contributed by atoms with van der Waals surface area (Å²) in [7, 11) is 0. The SMILES string of the molecule is CC.CCCC(CC(N)=O)C(N)=O. The van der Waals surface area contributed by atoms with Gasteiger partial charge in [0.1, 0.15) is 0 Å². The van der Waals surface area contributed by atoms with E-state index in [4.69, 9.17) is 11.5 Å². The van der Waals surface area contributed by atoms with E-state index in [-0.39, 0.29) is 12.3 Å². The minimum Gasteiger partial charge on any atom is -0.370 e. The monoisotopic (exact) mass is 188 g/mol. The second-order valence-electron chi connectivity index (χ2n) is 2.56. The van der Waals surface area contributed by atoms with Gasteiger partial charge in [0, 0.05) is 12.3 Å². The molecule has 1 atom stereocenters. The van der Waals surface area contributed by atoms with E-state index in [0.717, 1.165) is 6.42 Å².